The molecule has 0 N–H and O–H groups in total. The summed E-state index contributed by atoms with van der Waals surface area (Å²) in [5.41, 5.74) is 1.53. The molecule has 0 atom stereocenters. The minimum absolute atomic E-state index is 0.162. The molecule has 0 bridgehead atoms. The molecule has 0 spiro atoms. The maximum absolute atomic E-state index is 13.6. The van der Waals surface area contributed by atoms with Gasteiger partial charge in [-0.3, -0.25) is 4.79 Å². The molecule has 1 aliphatic carbocycles. The van der Waals surface area contributed by atoms with Gasteiger partial charge in [0.05, 0.1) is 6.42 Å². The fourth-order valence-corrected chi connectivity index (χ4v) is 2.23. The molecule has 0 amide bonds. The Morgan fingerprint density at radius 1 is 1.15 bits per heavy atom. The van der Waals surface area contributed by atoms with E-state index in [1.165, 1.54) is 6.07 Å². The molecule has 20 heavy (non-hydrogen) atoms. The fourth-order valence-electron chi connectivity index (χ4n) is 2.23. The maximum atomic E-state index is 13.6. The SMILES string of the molecule is O=C(Cc1ccc(F)c(C2CC2)c1)Oc1ccccc1. The zero-order valence-corrected chi connectivity index (χ0v) is 11.0. The molecule has 0 saturated heterocycles. The van der Waals surface area contributed by atoms with Gasteiger partial charge in [0.15, 0.2) is 0 Å². The molecule has 0 aromatic heterocycles. The zero-order chi connectivity index (χ0) is 13.9. The number of benzene rings is 2. The van der Waals surface area contributed by atoms with Crippen LogP contribution in [0.1, 0.15) is 29.9 Å². The third kappa shape index (κ3) is 3.05. The van der Waals surface area contributed by atoms with Gasteiger partial charge < -0.3 is 4.74 Å². The Kier molecular flexibility index (Phi) is 3.50. The normalized spacial score (nSPS) is 14.1. The van der Waals surface area contributed by atoms with Gasteiger partial charge in [-0.15, -0.1) is 0 Å². The Hall–Kier alpha value is -2.16. The van der Waals surface area contributed by atoms with E-state index < -0.39 is 0 Å². The van der Waals surface area contributed by atoms with E-state index in [-0.39, 0.29) is 18.2 Å². The molecule has 1 aliphatic rings. The van der Waals surface area contributed by atoms with Crippen LogP contribution in [0.4, 0.5) is 4.39 Å². The Morgan fingerprint density at radius 3 is 2.60 bits per heavy atom. The Balaban J connectivity index is 1.68. The first kappa shape index (κ1) is 12.9. The Labute approximate surface area is 117 Å². The fraction of sp³-hybridized carbons (Fsp3) is 0.235. The van der Waals surface area contributed by atoms with Crippen molar-refractivity contribution in [3.63, 3.8) is 0 Å². The first-order valence-electron chi connectivity index (χ1n) is 6.76. The smallest absolute Gasteiger partial charge is 0.315 e. The summed E-state index contributed by atoms with van der Waals surface area (Å²) in [6, 6.07) is 13.8. The molecule has 0 aliphatic heterocycles. The number of esters is 1. The van der Waals surface area contributed by atoms with Crippen LogP contribution in [0.3, 0.4) is 0 Å². The van der Waals surface area contributed by atoms with Crippen LogP contribution in [0, 0.1) is 5.82 Å². The summed E-state index contributed by atoms with van der Waals surface area (Å²) in [5, 5.41) is 0. The van der Waals surface area contributed by atoms with Gasteiger partial charge in [0, 0.05) is 0 Å². The average Bonchev–Trinajstić information content (AvgIpc) is 3.26. The molecule has 2 aromatic rings. The molecular formula is C17H15FO2. The molecular weight excluding hydrogens is 255 g/mol. The van der Waals surface area contributed by atoms with Crippen molar-refractivity contribution in [3.8, 4) is 5.75 Å². The zero-order valence-electron chi connectivity index (χ0n) is 11.0. The summed E-state index contributed by atoms with van der Waals surface area (Å²) in [6.45, 7) is 0. The monoisotopic (exact) mass is 270 g/mol. The predicted octanol–water partition coefficient (Wildman–Crippen LogP) is 3.85. The van der Waals surface area contributed by atoms with Gasteiger partial charge in [0.25, 0.3) is 0 Å². The standard InChI is InChI=1S/C17H15FO2/c18-16-9-6-12(10-15(16)13-7-8-13)11-17(19)20-14-4-2-1-3-5-14/h1-6,9-10,13H,7-8,11H2. The average molecular weight is 270 g/mol. The molecule has 0 radical (unpaired) electrons. The summed E-state index contributed by atoms with van der Waals surface area (Å²) in [5.74, 6) is 0.361. The molecule has 2 nitrogen and oxygen atoms in total. The molecule has 102 valence electrons. The van der Waals surface area contributed by atoms with E-state index in [0.717, 1.165) is 24.0 Å². The Bertz CT molecular complexity index is 618. The van der Waals surface area contributed by atoms with Crippen molar-refractivity contribution in [3.05, 3.63) is 65.5 Å². The highest BCUT2D eigenvalue weighted by atomic mass is 19.1. The minimum Gasteiger partial charge on any atom is -0.426 e. The van der Waals surface area contributed by atoms with Crippen LogP contribution in [0.25, 0.3) is 0 Å². The number of hydrogen-bond acceptors (Lipinski definition) is 2. The van der Waals surface area contributed by atoms with Crippen LogP contribution in [0.15, 0.2) is 48.5 Å². The number of rotatable bonds is 4. The number of carbonyl (C=O) groups excluding carboxylic acids is 1. The summed E-state index contributed by atoms with van der Waals surface area (Å²) in [6.07, 6.45) is 2.23. The number of ether oxygens (including phenoxy) is 1. The lowest BCUT2D eigenvalue weighted by Crippen LogP contribution is -2.11. The van der Waals surface area contributed by atoms with Crippen molar-refractivity contribution < 1.29 is 13.9 Å². The number of para-hydroxylation sites is 1. The quantitative estimate of drug-likeness (QED) is 0.623. The van der Waals surface area contributed by atoms with E-state index in [1.54, 1.807) is 24.3 Å². The third-order valence-corrected chi connectivity index (χ3v) is 3.40. The van der Waals surface area contributed by atoms with E-state index in [1.807, 2.05) is 18.2 Å². The number of hydrogen-bond donors (Lipinski definition) is 0. The van der Waals surface area contributed by atoms with Crippen molar-refractivity contribution in [1.29, 1.82) is 0 Å². The largest absolute Gasteiger partial charge is 0.426 e. The lowest BCUT2D eigenvalue weighted by Gasteiger charge is -2.06. The van der Waals surface area contributed by atoms with E-state index in [4.69, 9.17) is 4.74 Å². The molecule has 3 rings (SSSR count). The lowest BCUT2D eigenvalue weighted by molar-refractivity contribution is -0.133. The molecule has 3 heteroatoms. The second kappa shape index (κ2) is 5.45. The predicted molar refractivity (Wildman–Crippen MR) is 74.2 cm³/mol. The van der Waals surface area contributed by atoms with Crippen LogP contribution < -0.4 is 4.74 Å². The molecule has 0 unspecified atom stereocenters. The molecule has 1 saturated carbocycles. The van der Waals surface area contributed by atoms with Crippen LogP contribution in [-0.2, 0) is 11.2 Å². The second-order valence-corrected chi connectivity index (χ2v) is 5.09. The highest BCUT2D eigenvalue weighted by Gasteiger charge is 2.26. The van der Waals surface area contributed by atoms with Gasteiger partial charge in [-0.1, -0.05) is 30.3 Å². The highest BCUT2D eigenvalue weighted by molar-refractivity contribution is 5.75. The number of carbonyl (C=O) groups is 1. The summed E-state index contributed by atoms with van der Waals surface area (Å²) >= 11 is 0. The molecule has 0 heterocycles. The summed E-state index contributed by atoms with van der Waals surface area (Å²) < 4.78 is 18.9. The van der Waals surface area contributed by atoms with Crippen LogP contribution in [0.2, 0.25) is 0 Å². The number of halogens is 1. The van der Waals surface area contributed by atoms with Gasteiger partial charge in [-0.25, -0.2) is 4.39 Å². The van der Waals surface area contributed by atoms with Crippen molar-refractivity contribution in [2.45, 2.75) is 25.2 Å². The first-order valence-corrected chi connectivity index (χ1v) is 6.76. The van der Waals surface area contributed by atoms with Crippen molar-refractivity contribution in [1.82, 2.24) is 0 Å². The molecule has 1 fully saturated rings. The van der Waals surface area contributed by atoms with Gasteiger partial charge in [-0.2, -0.15) is 0 Å². The Morgan fingerprint density at radius 2 is 1.90 bits per heavy atom. The topological polar surface area (TPSA) is 26.3 Å². The second-order valence-electron chi connectivity index (χ2n) is 5.09. The van der Waals surface area contributed by atoms with Gasteiger partial charge in [-0.05, 0) is 48.1 Å². The van der Waals surface area contributed by atoms with Gasteiger partial charge in [0.1, 0.15) is 11.6 Å². The van der Waals surface area contributed by atoms with Crippen molar-refractivity contribution in [2.75, 3.05) is 0 Å². The van der Waals surface area contributed by atoms with E-state index >= 15 is 0 Å². The van der Waals surface area contributed by atoms with Crippen LogP contribution in [0.5, 0.6) is 5.75 Å². The van der Waals surface area contributed by atoms with Crippen LogP contribution in [-0.4, -0.2) is 5.97 Å². The maximum Gasteiger partial charge on any atom is 0.315 e. The van der Waals surface area contributed by atoms with E-state index in [0.29, 0.717) is 11.7 Å². The minimum atomic E-state index is -0.329. The summed E-state index contributed by atoms with van der Waals surface area (Å²) in [7, 11) is 0. The van der Waals surface area contributed by atoms with Gasteiger partial charge in [0.2, 0.25) is 0 Å². The van der Waals surface area contributed by atoms with E-state index in [2.05, 4.69) is 0 Å². The van der Waals surface area contributed by atoms with Crippen LogP contribution >= 0.6 is 0 Å². The highest BCUT2D eigenvalue weighted by Crippen LogP contribution is 2.41. The van der Waals surface area contributed by atoms with E-state index in [9.17, 15) is 9.18 Å². The van der Waals surface area contributed by atoms with Gasteiger partial charge >= 0.3 is 5.97 Å². The first-order chi connectivity index (χ1) is 9.72. The molecule has 2 aromatic carbocycles. The van der Waals surface area contributed by atoms with Crippen molar-refractivity contribution >= 4 is 5.97 Å². The summed E-state index contributed by atoms with van der Waals surface area (Å²) in [4.78, 5) is 11.8. The lowest BCUT2D eigenvalue weighted by atomic mass is 10.0. The van der Waals surface area contributed by atoms with Crippen molar-refractivity contribution in [2.24, 2.45) is 0 Å². The third-order valence-electron chi connectivity index (χ3n) is 3.40.